The molecule has 0 saturated carbocycles. The lowest BCUT2D eigenvalue weighted by atomic mass is 10.1. The zero-order valence-electron chi connectivity index (χ0n) is 12.8. The standard InChI is InChI=1S/C16H22ClNO3/c1-4-21-16(20)11-18(12(2)3)15(19)10-9-13-7-5-6-8-14(13)17/h5-8,12H,4,9-11H2,1-3H3. The van der Waals surface area contributed by atoms with Crippen molar-refractivity contribution in [3.05, 3.63) is 34.9 Å². The molecule has 0 atom stereocenters. The summed E-state index contributed by atoms with van der Waals surface area (Å²) in [5.74, 6) is -0.449. The van der Waals surface area contributed by atoms with Gasteiger partial charge in [-0.15, -0.1) is 0 Å². The number of aryl methyl sites for hydroxylation is 1. The number of hydrogen-bond donors (Lipinski definition) is 0. The number of ether oxygens (including phenoxy) is 1. The maximum atomic E-state index is 12.3. The van der Waals surface area contributed by atoms with E-state index in [1.807, 2.05) is 32.0 Å². The third-order valence-corrected chi connectivity index (χ3v) is 3.48. The number of nitrogens with zero attached hydrogens (tertiary/aromatic N) is 1. The Kier molecular flexibility index (Phi) is 7.23. The quantitative estimate of drug-likeness (QED) is 0.727. The number of amides is 1. The summed E-state index contributed by atoms with van der Waals surface area (Å²) in [6, 6.07) is 7.41. The van der Waals surface area contributed by atoms with Crippen molar-refractivity contribution in [3.63, 3.8) is 0 Å². The number of carbonyl (C=O) groups excluding carboxylic acids is 2. The lowest BCUT2D eigenvalue weighted by Crippen LogP contribution is -2.41. The number of halogens is 1. The molecule has 0 aliphatic rings. The van der Waals surface area contributed by atoms with Gasteiger partial charge in [-0.1, -0.05) is 29.8 Å². The molecule has 5 heteroatoms. The minimum Gasteiger partial charge on any atom is -0.465 e. The molecule has 0 spiro atoms. The summed E-state index contributed by atoms with van der Waals surface area (Å²) >= 11 is 6.08. The van der Waals surface area contributed by atoms with Crippen molar-refractivity contribution in [2.75, 3.05) is 13.2 Å². The van der Waals surface area contributed by atoms with Crippen LogP contribution in [0.4, 0.5) is 0 Å². The van der Waals surface area contributed by atoms with Crippen LogP contribution in [-0.4, -0.2) is 36.0 Å². The zero-order valence-corrected chi connectivity index (χ0v) is 13.5. The van der Waals surface area contributed by atoms with Crippen molar-refractivity contribution in [3.8, 4) is 0 Å². The minimum atomic E-state index is -0.378. The molecule has 0 aliphatic carbocycles. The van der Waals surface area contributed by atoms with Crippen LogP contribution in [0.5, 0.6) is 0 Å². The lowest BCUT2D eigenvalue weighted by molar-refractivity contribution is -0.150. The Balaban J connectivity index is 2.61. The molecule has 1 aromatic carbocycles. The van der Waals surface area contributed by atoms with Gasteiger partial charge >= 0.3 is 5.97 Å². The van der Waals surface area contributed by atoms with E-state index in [2.05, 4.69) is 0 Å². The summed E-state index contributed by atoms with van der Waals surface area (Å²) < 4.78 is 4.90. The fraction of sp³-hybridized carbons (Fsp3) is 0.500. The maximum absolute atomic E-state index is 12.3. The molecule has 1 aromatic rings. The average molecular weight is 312 g/mol. The van der Waals surface area contributed by atoms with Crippen LogP contribution in [0.25, 0.3) is 0 Å². The van der Waals surface area contributed by atoms with Crippen molar-refractivity contribution < 1.29 is 14.3 Å². The molecular weight excluding hydrogens is 290 g/mol. The van der Waals surface area contributed by atoms with E-state index in [9.17, 15) is 9.59 Å². The molecule has 4 nitrogen and oxygen atoms in total. The topological polar surface area (TPSA) is 46.6 Å². The number of esters is 1. The van der Waals surface area contributed by atoms with Gasteiger partial charge in [0.1, 0.15) is 6.54 Å². The Morgan fingerprint density at radius 1 is 1.29 bits per heavy atom. The molecule has 1 rings (SSSR count). The van der Waals surface area contributed by atoms with Crippen LogP contribution in [0.15, 0.2) is 24.3 Å². The van der Waals surface area contributed by atoms with Gasteiger partial charge in [0.25, 0.3) is 0 Å². The van der Waals surface area contributed by atoms with E-state index in [0.717, 1.165) is 5.56 Å². The fourth-order valence-electron chi connectivity index (χ4n) is 1.99. The fourth-order valence-corrected chi connectivity index (χ4v) is 2.22. The molecule has 0 bridgehead atoms. The van der Waals surface area contributed by atoms with Crippen LogP contribution in [-0.2, 0) is 20.7 Å². The van der Waals surface area contributed by atoms with E-state index in [0.29, 0.717) is 24.5 Å². The first-order valence-electron chi connectivity index (χ1n) is 7.14. The van der Waals surface area contributed by atoms with Crippen molar-refractivity contribution in [1.29, 1.82) is 0 Å². The van der Waals surface area contributed by atoms with E-state index in [4.69, 9.17) is 16.3 Å². The number of carbonyl (C=O) groups is 2. The van der Waals surface area contributed by atoms with Gasteiger partial charge in [-0.05, 0) is 38.8 Å². The summed E-state index contributed by atoms with van der Waals surface area (Å²) in [6.07, 6.45) is 0.881. The highest BCUT2D eigenvalue weighted by atomic mass is 35.5. The van der Waals surface area contributed by atoms with E-state index >= 15 is 0 Å². The van der Waals surface area contributed by atoms with E-state index < -0.39 is 0 Å². The lowest BCUT2D eigenvalue weighted by Gasteiger charge is -2.25. The summed E-state index contributed by atoms with van der Waals surface area (Å²) in [7, 11) is 0. The normalized spacial score (nSPS) is 10.5. The zero-order chi connectivity index (χ0) is 15.8. The minimum absolute atomic E-state index is 0.00708. The molecule has 0 heterocycles. The second-order valence-corrected chi connectivity index (χ2v) is 5.42. The number of rotatable bonds is 7. The second kappa shape index (κ2) is 8.67. The highest BCUT2D eigenvalue weighted by Gasteiger charge is 2.20. The van der Waals surface area contributed by atoms with Gasteiger partial charge < -0.3 is 9.64 Å². The van der Waals surface area contributed by atoms with Crippen LogP contribution in [0.2, 0.25) is 5.02 Å². The van der Waals surface area contributed by atoms with Gasteiger partial charge in [0, 0.05) is 17.5 Å². The van der Waals surface area contributed by atoms with Crippen molar-refractivity contribution >= 4 is 23.5 Å². The van der Waals surface area contributed by atoms with Crippen LogP contribution >= 0.6 is 11.6 Å². The summed E-state index contributed by atoms with van der Waals surface area (Å²) in [4.78, 5) is 25.4. The maximum Gasteiger partial charge on any atom is 0.325 e. The summed E-state index contributed by atoms with van der Waals surface area (Å²) in [5, 5.41) is 0.659. The third-order valence-electron chi connectivity index (χ3n) is 3.11. The van der Waals surface area contributed by atoms with Gasteiger partial charge in [0.05, 0.1) is 6.61 Å². The average Bonchev–Trinajstić information content (AvgIpc) is 2.43. The SMILES string of the molecule is CCOC(=O)CN(C(=O)CCc1ccccc1Cl)C(C)C. The van der Waals surface area contributed by atoms with Gasteiger partial charge in [0.15, 0.2) is 0 Å². The summed E-state index contributed by atoms with van der Waals surface area (Å²) in [5.41, 5.74) is 0.937. The summed E-state index contributed by atoms with van der Waals surface area (Å²) in [6.45, 7) is 5.82. The van der Waals surface area contributed by atoms with E-state index in [1.54, 1.807) is 13.0 Å². The molecule has 0 N–H and O–H groups in total. The molecule has 0 unspecified atom stereocenters. The highest BCUT2D eigenvalue weighted by Crippen LogP contribution is 2.17. The van der Waals surface area contributed by atoms with Gasteiger partial charge in [-0.2, -0.15) is 0 Å². The molecule has 0 saturated heterocycles. The van der Waals surface area contributed by atoms with Crippen LogP contribution in [0, 0.1) is 0 Å². The van der Waals surface area contributed by atoms with Gasteiger partial charge in [-0.25, -0.2) is 0 Å². The van der Waals surface area contributed by atoms with E-state index in [-0.39, 0.29) is 24.5 Å². The molecule has 116 valence electrons. The second-order valence-electron chi connectivity index (χ2n) is 5.01. The molecular formula is C16H22ClNO3. The predicted molar refractivity (Wildman–Crippen MR) is 83.3 cm³/mol. The molecule has 1 amide bonds. The Hall–Kier alpha value is -1.55. The first-order chi connectivity index (χ1) is 9.95. The van der Waals surface area contributed by atoms with Crippen molar-refractivity contribution in [2.45, 2.75) is 39.7 Å². The predicted octanol–water partition coefficient (Wildman–Crippen LogP) is 3.07. The van der Waals surface area contributed by atoms with Gasteiger partial charge in [0.2, 0.25) is 5.91 Å². The first kappa shape index (κ1) is 17.5. The molecule has 0 fully saturated rings. The monoisotopic (exact) mass is 311 g/mol. The molecule has 0 aromatic heterocycles. The van der Waals surface area contributed by atoms with Crippen molar-refractivity contribution in [1.82, 2.24) is 4.90 Å². The third kappa shape index (κ3) is 5.76. The Morgan fingerprint density at radius 3 is 2.52 bits per heavy atom. The number of hydrogen-bond acceptors (Lipinski definition) is 3. The number of benzene rings is 1. The van der Waals surface area contributed by atoms with Crippen LogP contribution in [0.1, 0.15) is 32.8 Å². The van der Waals surface area contributed by atoms with Crippen molar-refractivity contribution in [2.24, 2.45) is 0 Å². The molecule has 21 heavy (non-hydrogen) atoms. The van der Waals surface area contributed by atoms with Gasteiger partial charge in [-0.3, -0.25) is 9.59 Å². The smallest absolute Gasteiger partial charge is 0.325 e. The van der Waals surface area contributed by atoms with Crippen LogP contribution in [0.3, 0.4) is 0 Å². The Morgan fingerprint density at radius 2 is 1.95 bits per heavy atom. The Bertz CT molecular complexity index is 488. The molecule has 0 radical (unpaired) electrons. The van der Waals surface area contributed by atoms with Crippen LogP contribution < -0.4 is 0 Å². The highest BCUT2D eigenvalue weighted by molar-refractivity contribution is 6.31. The van der Waals surface area contributed by atoms with E-state index in [1.165, 1.54) is 4.90 Å². The first-order valence-corrected chi connectivity index (χ1v) is 7.52. The Labute approximate surface area is 131 Å². The largest absolute Gasteiger partial charge is 0.465 e. The molecule has 0 aliphatic heterocycles.